The van der Waals surface area contributed by atoms with Gasteiger partial charge in [-0.25, -0.2) is 4.79 Å². The van der Waals surface area contributed by atoms with Crippen LogP contribution in [0, 0.1) is 5.41 Å². The fourth-order valence-electron chi connectivity index (χ4n) is 2.55. The first-order valence-corrected chi connectivity index (χ1v) is 8.03. The SMILES string of the molecule is CNC(=O)/C=C1/CSC2=C(C(=O)OC(C)C)C(C)(C)CN21. The van der Waals surface area contributed by atoms with Crippen LogP contribution >= 0.6 is 11.8 Å². The molecule has 1 fully saturated rings. The van der Waals surface area contributed by atoms with Crippen molar-refractivity contribution in [1.82, 2.24) is 10.2 Å². The van der Waals surface area contributed by atoms with Gasteiger partial charge < -0.3 is 15.0 Å². The first kappa shape index (κ1) is 15.9. The summed E-state index contributed by atoms with van der Waals surface area (Å²) in [5.41, 5.74) is 1.38. The van der Waals surface area contributed by atoms with E-state index in [-0.39, 0.29) is 23.4 Å². The van der Waals surface area contributed by atoms with Gasteiger partial charge in [0, 0.05) is 36.5 Å². The number of nitrogens with one attached hydrogen (secondary N) is 1. The molecule has 0 bridgehead atoms. The number of hydrogen-bond donors (Lipinski definition) is 1. The molecule has 1 amide bonds. The van der Waals surface area contributed by atoms with E-state index in [2.05, 4.69) is 10.2 Å². The fraction of sp³-hybridized carbons (Fsp3) is 0.600. The first-order chi connectivity index (χ1) is 9.76. The van der Waals surface area contributed by atoms with Crippen molar-refractivity contribution in [2.24, 2.45) is 5.41 Å². The topological polar surface area (TPSA) is 58.6 Å². The van der Waals surface area contributed by atoms with Crippen LogP contribution in [-0.2, 0) is 14.3 Å². The number of nitrogens with zero attached hydrogens (tertiary/aromatic N) is 1. The molecular weight excluding hydrogens is 288 g/mol. The lowest BCUT2D eigenvalue weighted by molar-refractivity contribution is -0.143. The molecule has 116 valence electrons. The molecule has 0 spiro atoms. The fourth-order valence-corrected chi connectivity index (χ4v) is 3.92. The third kappa shape index (κ3) is 3.10. The van der Waals surface area contributed by atoms with Crippen LogP contribution in [0.5, 0.6) is 0 Å². The van der Waals surface area contributed by atoms with E-state index in [0.717, 1.165) is 16.3 Å². The number of likely N-dealkylation sites (N-methyl/N-ethyl adjacent to an activating group) is 1. The molecule has 0 unspecified atom stereocenters. The van der Waals surface area contributed by atoms with Crippen molar-refractivity contribution in [2.75, 3.05) is 19.3 Å². The lowest BCUT2D eigenvalue weighted by Crippen LogP contribution is -2.28. The lowest BCUT2D eigenvalue weighted by atomic mass is 9.87. The minimum Gasteiger partial charge on any atom is -0.460 e. The van der Waals surface area contributed by atoms with Crippen LogP contribution in [0.4, 0.5) is 0 Å². The van der Waals surface area contributed by atoms with Gasteiger partial charge in [0.15, 0.2) is 0 Å². The average Bonchev–Trinajstić information content (AvgIpc) is 2.83. The van der Waals surface area contributed by atoms with Crippen molar-refractivity contribution in [3.05, 3.63) is 22.4 Å². The maximum absolute atomic E-state index is 12.4. The van der Waals surface area contributed by atoms with Gasteiger partial charge in [0.1, 0.15) is 0 Å². The van der Waals surface area contributed by atoms with Crippen LogP contribution in [0.3, 0.4) is 0 Å². The van der Waals surface area contributed by atoms with Gasteiger partial charge in [-0.2, -0.15) is 0 Å². The van der Waals surface area contributed by atoms with Crippen molar-refractivity contribution in [3.63, 3.8) is 0 Å². The van der Waals surface area contributed by atoms with Crippen LogP contribution in [0.1, 0.15) is 27.7 Å². The summed E-state index contributed by atoms with van der Waals surface area (Å²) in [6, 6.07) is 0. The molecule has 0 aromatic heterocycles. The quantitative estimate of drug-likeness (QED) is 0.637. The van der Waals surface area contributed by atoms with Crippen LogP contribution < -0.4 is 5.32 Å². The number of thioether (sulfide) groups is 1. The van der Waals surface area contributed by atoms with Crippen molar-refractivity contribution in [2.45, 2.75) is 33.8 Å². The predicted molar refractivity (Wildman–Crippen MR) is 83.3 cm³/mol. The predicted octanol–water partition coefficient (Wildman–Crippen LogP) is 1.87. The van der Waals surface area contributed by atoms with Gasteiger partial charge in [0.05, 0.1) is 16.7 Å². The largest absolute Gasteiger partial charge is 0.460 e. The van der Waals surface area contributed by atoms with E-state index in [1.54, 1.807) is 24.9 Å². The number of rotatable bonds is 3. The Kier molecular flexibility index (Phi) is 4.37. The summed E-state index contributed by atoms with van der Waals surface area (Å²) >= 11 is 1.60. The Morgan fingerprint density at radius 2 is 2.10 bits per heavy atom. The highest BCUT2D eigenvalue weighted by Crippen LogP contribution is 2.50. The second-order valence-electron chi connectivity index (χ2n) is 6.14. The lowest BCUT2D eigenvalue weighted by Gasteiger charge is -2.23. The Morgan fingerprint density at radius 3 is 2.67 bits per heavy atom. The molecule has 0 saturated carbocycles. The molecule has 2 aliphatic heterocycles. The number of amides is 1. The Hall–Kier alpha value is -1.43. The number of ether oxygens (including phenoxy) is 1. The number of carbonyl (C=O) groups is 2. The Balaban J connectivity index is 2.34. The molecule has 1 saturated heterocycles. The first-order valence-electron chi connectivity index (χ1n) is 7.04. The highest BCUT2D eigenvalue weighted by molar-refractivity contribution is 8.03. The summed E-state index contributed by atoms with van der Waals surface area (Å²) < 4.78 is 5.38. The van der Waals surface area contributed by atoms with Gasteiger partial charge >= 0.3 is 5.97 Å². The number of hydrogen-bond acceptors (Lipinski definition) is 5. The summed E-state index contributed by atoms with van der Waals surface area (Å²) in [5, 5.41) is 3.52. The smallest absolute Gasteiger partial charge is 0.337 e. The zero-order valence-corrected chi connectivity index (χ0v) is 14.0. The summed E-state index contributed by atoms with van der Waals surface area (Å²) in [6.07, 6.45) is 1.47. The van der Waals surface area contributed by atoms with Gasteiger partial charge in [0.2, 0.25) is 5.91 Å². The molecule has 0 aromatic rings. The normalized spacial score (nSPS) is 22.0. The molecule has 2 heterocycles. The van der Waals surface area contributed by atoms with E-state index in [1.165, 1.54) is 0 Å². The monoisotopic (exact) mass is 310 g/mol. The van der Waals surface area contributed by atoms with Crippen LogP contribution in [-0.4, -0.2) is 42.2 Å². The van der Waals surface area contributed by atoms with E-state index >= 15 is 0 Å². The van der Waals surface area contributed by atoms with E-state index in [9.17, 15) is 9.59 Å². The van der Waals surface area contributed by atoms with Crippen LogP contribution in [0.2, 0.25) is 0 Å². The highest BCUT2D eigenvalue weighted by Gasteiger charge is 2.46. The second-order valence-corrected chi connectivity index (χ2v) is 7.11. The van der Waals surface area contributed by atoms with Gasteiger partial charge in [-0.3, -0.25) is 4.79 Å². The molecule has 0 aromatic carbocycles. The summed E-state index contributed by atoms with van der Waals surface area (Å²) in [4.78, 5) is 26.0. The minimum atomic E-state index is -0.281. The number of carbonyl (C=O) groups excluding carboxylic acids is 2. The van der Waals surface area contributed by atoms with E-state index in [4.69, 9.17) is 4.74 Å². The summed E-state index contributed by atoms with van der Waals surface area (Å²) in [6.45, 7) is 8.46. The van der Waals surface area contributed by atoms with E-state index < -0.39 is 0 Å². The zero-order valence-electron chi connectivity index (χ0n) is 13.1. The standard InChI is InChI=1S/C15H22N2O3S/c1-9(2)20-14(19)12-13-17(8-15(12,3)4)10(7-21-13)6-11(18)16-5/h6,9H,7-8H2,1-5H3,(H,16,18)/b10-6-. The maximum atomic E-state index is 12.4. The summed E-state index contributed by atoms with van der Waals surface area (Å²) in [7, 11) is 1.61. The molecule has 21 heavy (non-hydrogen) atoms. The van der Waals surface area contributed by atoms with Gasteiger partial charge in [-0.15, -0.1) is 11.8 Å². The third-order valence-corrected chi connectivity index (χ3v) is 4.62. The van der Waals surface area contributed by atoms with Crippen LogP contribution in [0.15, 0.2) is 22.4 Å². The second kappa shape index (κ2) is 5.75. The molecule has 0 aliphatic carbocycles. The third-order valence-electron chi connectivity index (χ3n) is 3.48. The zero-order chi connectivity index (χ0) is 15.8. The molecule has 1 N–H and O–H groups in total. The molecule has 5 nitrogen and oxygen atoms in total. The van der Waals surface area contributed by atoms with Crippen molar-refractivity contribution in [3.8, 4) is 0 Å². The highest BCUT2D eigenvalue weighted by atomic mass is 32.2. The Bertz CT molecular complexity index is 535. The van der Waals surface area contributed by atoms with E-state index in [1.807, 2.05) is 27.7 Å². The molecule has 0 atom stereocenters. The molecule has 2 rings (SSSR count). The Morgan fingerprint density at radius 1 is 1.43 bits per heavy atom. The minimum absolute atomic E-state index is 0.122. The van der Waals surface area contributed by atoms with Crippen molar-refractivity contribution >= 4 is 23.6 Å². The van der Waals surface area contributed by atoms with E-state index in [0.29, 0.717) is 12.3 Å². The van der Waals surface area contributed by atoms with Crippen molar-refractivity contribution in [1.29, 1.82) is 0 Å². The maximum Gasteiger partial charge on any atom is 0.337 e. The van der Waals surface area contributed by atoms with Gasteiger partial charge in [-0.1, -0.05) is 13.8 Å². The molecule has 0 radical (unpaired) electrons. The Labute approximate surface area is 129 Å². The average molecular weight is 310 g/mol. The van der Waals surface area contributed by atoms with Gasteiger partial charge in [-0.05, 0) is 13.8 Å². The summed E-state index contributed by atoms with van der Waals surface area (Å²) in [5.74, 6) is 0.334. The number of fused-ring (bicyclic) bond motifs is 1. The molecular formula is C15H22N2O3S. The van der Waals surface area contributed by atoms with Gasteiger partial charge in [0.25, 0.3) is 0 Å². The molecule has 2 aliphatic rings. The van der Waals surface area contributed by atoms with Crippen molar-refractivity contribution < 1.29 is 14.3 Å². The number of esters is 1. The molecule has 6 heteroatoms. The van der Waals surface area contributed by atoms with Crippen LogP contribution in [0.25, 0.3) is 0 Å².